The van der Waals surface area contributed by atoms with Crippen molar-refractivity contribution in [2.45, 2.75) is 47.6 Å². The predicted octanol–water partition coefficient (Wildman–Crippen LogP) is 3.62. The van der Waals surface area contributed by atoms with Gasteiger partial charge in [0.25, 0.3) is 5.91 Å². The molecule has 0 fully saturated rings. The van der Waals surface area contributed by atoms with E-state index in [4.69, 9.17) is 4.74 Å². The number of ether oxygens (including phenoxy) is 1. The highest BCUT2D eigenvalue weighted by Gasteiger charge is 2.19. The van der Waals surface area contributed by atoms with Crippen LogP contribution in [0.15, 0.2) is 29.1 Å². The molecule has 1 aromatic heterocycles. The van der Waals surface area contributed by atoms with Crippen molar-refractivity contribution in [3.05, 3.63) is 62.6 Å². The zero-order valence-electron chi connectivity index (χ0n) is 16.3. The van der Waals surface area contributed by atoms with E-state index < -0.39 is 0 Å². The topological polar surface area (TPSA) is 60.3 Å². The molecule has 0 aliphatic carbocycles. The minimum atomic E-state index is -0.360. The number of para-hydroxylation sites is 1. The first-order valence-electron chi connectivity index (χ1n) is 9.09. The third-order valence-electron chi connectivity index (χ3n) is 4.65. The van der Waals surface area contributed by atoms with Gasteiger partial charge in [-0.3, -0.25) is 9.59 Å². The van der Waals surface area contributed by atoms with E-state index in [1.54, 1.807) is 0 Å². The summed E-state index contributed by atoms with van der Waals surface area (Å²) < 4.78 is 7.38. The first kappa shape index (κ1) is 19.9. The molecule has 1 N–H and O–H groups in total. The van der Waals surface area contributed by atoms with Gasteiger partial charge in [-0.25, -0.2) is 0 Å². The van der Waals surface area contributed by atoms with Crippen molar-refractivity contribution in [2.24, 2.45) is 0 Å². The Morgan fingerprint density at radius 1 is 1.19 bits per heavy atom. The number of carbonyl (C=O) groups is 1. The van der Waals surface area contributed by atoms with E-state index in [-0.39, 0.29) is 16.9 Å². The molecule has 5 heteroatoms. The number of amides is 1. The van der Waals surface area contributed by atoms with Crippen LogP contribution in [0.5, 0.6) is 0 Å². The molecular weight excluding hydrogens is 328 g/mol. The van der Waals surface area contributed by atoms with Crippen molar-refractivity contribution in [2.75, 3.05) is 18.5 Å². The summed E-state index contributed by atoms with van der Waals surface area (Å²) in [7, 11) is 0. The highest BCUT2D eigenvalue weighted by atomic mass is 16.5. The summed E-state index contributed by atoms with van der Waals surface area (Å²) in [4.78, 5) is 25.4. The molecule has 1 amide bonds. The maximum Gasteiger partial charge on any atom is 0.261 e. The standard InChI is InChI=1S/C21H28N2O3/c1-6-17-10-8-9-14(3)20(17)22-21(25)19-16(5)23(11-12-26-7-2)15(4)13-18(19)24/h8-10,13H,6-7,11-12H2,1-5H3,(H,22,25). The Balaban J connectivity index is 2.40. The predicted molar refractivity (Wildman–Crippen MR) is 105 cm³/mol. The molecule has 0 aliphatic rings. The third-order valence-corrected chi connectivity index (χ3v) is 4.65. The Labute approximate surface area is 155 Å². The van der Waals surface area contributed by atoms with Crippen LogP contribution in [0.25, 0.3) is 0 Å². The van der Waals surface area contributed by atoms with Crippen LogP contribution >= 0.6 is 0 Å². The summed E-state index contributed by atoms with van der Waals surface area (Å²) in [5.74, 6) is -0.360. The van der Waals surface area contributed by atoms with Gasteiger partial charge < -0.3 is 14.6 Å². The number of anilines is 1. The lowest BCUT2D eigenvalue weighted by Crippen LogP contribution is -2.28. The molecule has 140 valence electrons. The summed E-state index contributed by atoms with van der Waals surface area (Å²) in [5.41, 5.74) is 4.26. The van der Waals surface area contributed by atoms with Gasteiger partial charge in [0.05, 0.1) is 6.61 Å². The number of pyridine rings is 1. The van der Waals surface area contributed by atoms with Crippen LogP contribution in [-0.2, 0) is 17.7 Å². The van der Waals surface area contributed by atoms with Crippen LogP contribution in [0.4, 0.5) is 5.69 Å². The molecular formula is C21H28N2O3. The van der Waals surface area contributed by atoms with Crippen molar-refractivity contribution in [1.82, 2.24) is 4.57 Å². The Kier molecular flexibility index (Phi) is 6.75. The minimum Gasteiger partial charge on any atom is -0.380 e. The quantitative estimate of drug-likeness (QED) is 0.771. The molecule has 0 saturated heterocycles. The van der Waals surface area contributed by atoms with Gasteiger partial charge in [0.2, 0.25) is 0 Å². The van der Waals surface area contributed by atoms with Gasteiger partial charge in [-0.1, -0.05) is 25.1 Å². The van der Waals surface area contributed by atoms with Crippen molar-refractivity contribution < 1.29 is 9.53 Å². The maximum absolute atomic E-state index is 12.9. The van der Waals surface area contributed by atoms with Gasteiger partial charge in [0.1, 0.15) is 5.56 Å². The Morgan fingerprint density at radius 2 is 1.92 bits per heavy atom. The zero-order chi connectivity index (χ0) is 19.3. The molecule has 1 aromatic carbocycles. The smallest absolute Gasteiger partial charge is 0.261 e. The first-order chi connectivity index (χ1) is 12.4. The number of hydrogen-bond donors (Lipinski definition) is 1. The molecule has 2 rings (SSSR count). The van der Waals surface area contributed by atoms with E-state index in [1.165, 1.54) is 6.07 Å². The van der Waals surface area contributed by atoms with E-state index in [2.05, 4.69) is 5.32 Å². The lowest BCUT2D eigenvalue weighted by molar-refractivity contribution is 0.102. The number of hydrogen-bond acceptors (Lipinski definition) is 3. The van der Waals surface area contributed by atoms with Crippen molar-refractivity contribution in [1.29, 1.82) is 0 Å². The molecule has 1 heterocycles. The van der Waals surface area contributed by atoms with Crippen LogP contribution in [-0.4, -0.2) is 23.7 Å². The molecule has 2 aromatic rings. The fourth-order valence-corrected chi connectivity index (χ4v) is 3.22. The van der Waals surface area contributed by atoms with Gasteiger partial charge in [0, 0.05) is 36.3 Å². The number of benzene rings is 1. The van der Waals surface area contributed by atoms with Gasteiger partial charge in [-0.05, 0) is 45.2 Å². The molecule has 0 aliphatic heterocycles. The average Bonchev–Trinajstić information content (AvgIpc) is 2.59. The van der Waals surface area contributed by atoms with Crippen molar-refractivity contribution in [3.63, 3.8) is 0 Å². The second-order valence-corrected chi connectivity index (χ2v) is 6.38. The van der Waals surface area contributed by atoms with Crippen LogP contribution in [0, 0.1) is 20.8 Å². The SMILES string of the molecule is CCOCCn1c(C)cc(=O)c(C(=O)Nc2c(C)cccc2CC)c1C. The molecule has 5 nitrogen and oxygen atoms in total. The number of aromatic nitrogens is 1. The Morgan fingerprint density at radius 3 is 2.58 bits per heavy atom. The summed E-state index contributed by atoms with van der Waals surface area (Å²) in [6.07, 6.45) is 0.808. The summed E-state index contributed by atoms with van der Waals surface area (Å²) >= 11 is 0. The number of nitrogens with one attached hydrogen (secondary N) is 1. The molecule has 26 heavy (non-hydrogen) atoms. The van der Waals surface area contributed by atoms with Crippen LogP contribution in [0.2, 0.25) is 0 Å². The van der Waals surface area contributed by atoms with E-state index in [1.807, 2.05) is 57.4 Å². The lowest BCUT2D eigenvalue weighted by atomic mass is 10.0. The summed E-state index contributed by atoms with van der Waals surface area (Å²) in [6, 6.07) is 7.44. The maximum atomic E-state index is 12.9. The lowest BCUT2D eigenvalue weighted by Gasteiger charge is -2.18. The highest BCUT2D eigenvalue weighted by molar-refractivity contribution is 6.05. The summed E-state index contributed by atoms with van der Waals surface area (Å²) in [6.45, 7) is 11.4. The molecule has 0 bridgehead atoms. The number of rotatable bonds is 7. The van der Waals surface area contributed by atoms with Gasteiger partial charge >= 0.3 is 0 Å². The zero-order valence-corrected chi connectivity index (χ0v) is 16.3. The Bertz CT molecular complexity index is 853. The van der Waals surface area contributed by atoms with Gasteiger partial charge in [-0.15, -0.1) is 0 Å². The van der Waals surface area contributed by atoms with Crippen molar-refractivity contribution in [3.8, 4) is 0 Å². The van der Waals surface area contributed by atoms with E-state index in [9.17, 15) is 9.59 Å². The molecule has 0 spiro atoms. The molecule has 0 radical (unpaired) electrons. The number of aryl methyl sites for hydroxylation is 3. The average molecular weight is 356 g/mol. The Hall–Kier alpha value is -2.40. The fraction of sp³-hybridized carbons (Fsp3) is 0.429. The molecule has 0 saturated carbocycles. The normalized spacial score (nSPS) is 10.8. The van der Waals surface area contributed by atoms with E-state index >= 15 is 0 Å². The highest BCUT2D eigenvalue weighted by Crippen LogP contribution is 2.22. The minimum absolute atomic E-state index is 0.192. The van der Waals surface area contributed by atoms with Crippen LogP contribution in [0.3, 0.4) is 0 Å². The number of carbonyl (C=O) groups excluding carboxylic acids is 1. The molecule has 0 atom stereocenters. The fourth-order valence-electron chi connectivity index (χ4n) is 3.22. The summed E-state index contributed by atoms with van der Waals surface area (Å²) in [5, 5.41) is 2.96. The van der Waals surface area contributed by atoms with E-state index in [0.29, 0.717) is 25.5 Å². The number of nitrogens with zero attached hydrogens (tertiary/aromatic N) is 1. The second kappa shape index (κ2) is 8.81. The van der Waals surface area contributed by atoms with Gasteiger partial charge in [-0.2, -0.15) is 0 Å². The second-order valence-electron chi connectivity index (χ2n) is 6.38. The third kappa shape index (κ3) is 4.22. The monoisotopic (exact) mass is 356 g/mol. The van der Waals surface area contributed by atoms with Gasteiger partial charge in [0.15, 0.2) is 5.43 Å². The van der Waals surface area contributed by atoms with Crippen molar-refractivity contribution >= 4 is 11.6 Å². The molecule has 0 unspecified atom stereocenters. The van der Waals surface area contributed by atoms with E-state index in [0.717, 1.165) is 28.9 Å². The van der Waals surface area contributed by atoms with Crippen LogP contribution in [0.1, 0.15) is 46.7 Å². The largest absolute Gasteiger partial charge is 0.380 e. The first-order valence-corrected chi connectivity index (χ1v) is 9.09. The van der Waals surface area contributed by atoms with Crippen LogP contribution < -0.4 is 10.7 Å².